The SMILES string of the molecule is C[C@@H]1CCc2sc(C(=O)NNC(=O)Cc3cccc(F)c3)cc2C1. The largest absolute Gasteiger partial charge is 0.279 e. The lowest BCUT2D eigenvalue weighted by Gasteiger charge is -2.16. The maximum absolute atomic E-state index is 13.1. The van der Waals surface area contributed by atoms with Crippen molar-refractivity contribution in [3.8, 4) is 0 Å². The number of halogens is 1. The molecule has 2 aromatic rings. The zero-order valence-electron chi connectivity index (χ0n) is 13.4. The monoisotopic (exact) mass is 346 g/mol. The summed E-state index contributed by atoms with van der Waals surface area (Å²) < 4.78 is 13.1. The van der Waals surface area contributed by atoms with Crippen molar-refractivity contribution < 1.29 is 14.0 Å². The Hall–Kier alpha value is -2.21. The molecule has 2 N–H and O–H groups in total. The van der Waals surface area contributed by atoms with Gasteiger partial charge in [0, 0.05) is 4.88 Å². The van der Waals surface area contributed by atoms with Crippen molar-refractivity contribution in [2.24, 2.45) is 5.92 Å². The van der Waals surface area contributed by atoms with E-state index in [4.69, 9.17) is 0 Å². The highest BCUT2D eigenvalue weighted by molar-refractivity contribution is 7.14. The Labute approximate surface area is 144 Å². The zero-order chi connectivity index (χ0) is 17.1. The maximum Gasteiger partial charge on any atom is 0.279 e. The number of hydrogen-bond acceptors (Lipinski definition) is 3. The third-order valence-corrected chi connectivity index (χ3v) is 5.36. The topological polar surface area (TPSA) is 58.2 Å². The molecule has 3 rings (SSSR count). The van der Waals surface area contributed by atoms with Gasteiger partial charge in [-0.2, -0.15) is 0 Å². The molecule has 6 heteroatoms. The van der Waals surface area contributed by atoms with Gasteiger partial charge in [-0.1, -0.05) is 19.1 Å². The molecule has 0 aliphatic heterocycles. The number of carbonyl (C=O) groups is 2. The highest BCUT2D eigenvalue weighted by atomic mass is 32.1. The predicted octanol–water partition coefficient (Wildman–Crippen LogP) is 3.02. The van der Waals surface area contributed by atoms with Crippen LogP contribution in [0.2, 0.25) is 0 Å². The summed E-state index contributed by atoms with van der Waals surface area (Å²) in [5, 5.41) is 0. The second kappa shape index (κ2) is 7.13. The summed E-state index contributed by atoms with van der Waals surface area (Å²) in [6.07, 6.45) is 3.18. The summed E-state index contributed by atoms with van der Waals surface area (Å²) in [4.78, 5) is 25.9. The average Bonchev–Trinajstić information content (AvgIpc) is 2.95. The number of amides is 2. The van der Waals surface area contributed by atoms with Gasteiger partial charge in [-0.05, 0) is 54.5 Å². The molecular formula is C18H19FN2O2S. The van der Waals surface area contributed by atoms with Crippen molar-refractivity contribution >= 4 is 23.2 Å². The Balaban J connectivity index is 1.55. The minimum Gasteiger partial charge on any atom is -0.273 e. The van der Waals surface area contributed by atoms with Crippen LogP contribution in [0.25, 0.3) is 0 Å². The first-order chi connectivity index (χ1) is 11.5. The van der Waals surface area contributed by atoms with Crippen LogP contribution in [-0.2, 0) is 24.1 Å². The van der Waals surface area contributed by atoms with Gasteiger partial charge < -0.3 is 0 Å². The third kappa shape index (κ3) is 4.00. The van der Waals surface area contributed by atoms with Gasteiger partial charge in [-0.15, -0.1) is 11.3 Å². The summed E-state index contributed by atoms with van der Waals surface area (Å²) in [6, 6.07) is 7.76. The summed E-state index contributed by atoms with van der Waals surface area (Å²) in [5.74, 6) is -0.435. The lowest BCUT2D eigenvalue weighted by molar-refractivity contribution is -0.121. The molecule has 24 heavy (non-hydrogen) atoms. The Morgan fingerprint density at radius 3 is 2.92 bits per heavy atom. The van der Waals surface area contributed by atoms with Gasteiger partial charge in [0.15, 0.2) is 0 Å². The number of hydrazine groups is 1. The molecule has 1 aromatic carbocycles. The molecule has 4 nitrogen and oxygen atoms in total. The highest BCUT2D eigenvalue weighted by Crippen LogP contribution is 2.32. The van der Waals surface area contributed by atoms with Gasteiger partial charge in [-0.25, -0.2) is 4.39 Å². The summed E-state index contributed by atoms with van der Waals surface area (Å²) in [5.41, 5.74) is 6.62. The van der Waals surface area contributed by atoms with Crippen molar-refractivity contribution in [3.63, 3.8) is 0 Å². The van der Waals surface area contributed by atoms with Crippen molar-refractivity contribution in [1.29, 1.82) is 0 Å². The second-order valence-electron chi connectivity index (χ2n) is 6.22. The lowest BCUT2D eigenvalue weighted by atomic mass is 9.90. The van der Waals surface area contributed by atoms with E-state index < -0.39 is 0 Å². The Kier molecular flexibility index (Phi) is 4.94. The van der Waals surface area contributed by atoms with Gasteiger partial charge in [0.1, 0.15) is 5.82 Å². The molecular weight excluding hydrogens is 327 g/mol. The van der Waals surface area contributed by atoms with Crippen molar-refractivity contribution in [3.05, 3.63) is 57.0 Å². The van der Waals surface area contributed by atoms with E-state index in [1.807, 2.05) is 6.07 Å². The first kappa shape index (κ1) is 16.6. The number of hydrogen-bond donors (Lipinski definition) is 2. The van der Waals surface area contributed by atoms with E-state index in [0.717, 1.165) is 19.3 Å². The predicted molar refractivity (Wildman–Crippen MR) is 91.2 cm³/mol. The minimum absolute atomic E-state index is 0.0104. The van der Waals surface area contributed by atoms with Crippen LogP contribution in [0, 0.1) is 11.7 Å². The maximum atomic E-state index is 13.1. The van der Waals surface area contributed by atoms with Crippen LogP contribution in [0.4, 0.5) is 4.39 Å². The minimum atomic E-state index is -0.386. The fraction of sp³-hybridized carbons (Fsp3) is 0.333. The molecule has 1 aliphatic carbocycles. The van der Waals surface area contributed by atoms with Crippen LogP contribution < -0.4 is 10.9 Å². The summed E-state index contributed by atoms with van der Waals surface area (Å²) >= 11 is 1.49. The fourth-order valence-electron chi connectivity index (χ4n) is 2.88. The van der Waals surface area contributed by atoms with E-state index in [0.29, 0.717) is 16.4 Å². The standard InChI is InChI=1S/C18H19FN2O2S/c1-11-5-6-15-13(7-11)10-16(24-15)18(23)21-20-17(22)9-12-3-2-4-14(19)8-12/h2-4,8,10-11H,5-7,9H2,1H3,(H,20,22)(H,21,23)/t11-/m1/s1. The quantitative estimate of drug-likeness (QED) is 0.840. The van der Waals surface area contributed by atoms with E-state index in [2.05, 4.69) is 17.8 Å². The lowest BCUT2D eigenvalue weighted by Crippen LogP contribution is -2.42. The Morgan fingerprint density at radius 2 is 2.12 bits per heavy atom. The van der Waals surface area contributed by atoms with E-state index in [1.165, 1.54) is 33.9 Å². The molecule has 0 unspecified atom stereocenters. The molecule has 1 heterocycles. The molecule has 0 radical (unpaired) electrons. The van der Waals surface area contributed by atoms with Crippen molar-refractivity contribution in [1.82, 2.24) is 10.9 Å². The highest BCUT2D eigenvalue weighted by Gasteiger charge is 2.20. The van der Waals surface area contributed by atoms with Crippen LogP contribution in [0.1, 0.15) is 39.0 Å². The molecule has 1 aromatic heterocycles. The number of nitrogens with one attached hydrogen (secondary N) is 2. The first-order valence-corrected chi connectivity index (χ1v) is 8.78. The van der Waals surface area contributed by atoms with Crippen molar-refractivity contribution in [2.75, 3.05) is 0 Å². The Morgan fingerprint density at radius 1 is 1.29 bits per heavy atom. The molecule has 0 spiro atoms. The van der Waals surface area contributed by atoms with Gasteiger partial charge in [-0.3, -0.25) is 20.4 Å². The average molecular weight is 346 g/mol. The number of carbonyl (C=O) groups excluding carboxylic acids is 2. The van der Waals surface area contributed by atoms with Crippen molar-refractivity contribution in [2.45, 2.75) is 32.6 Å². The summed E-state index contributed by atoms with van der Waals surface area (Å²) in [7, 11) is 0. The van der Waals surface area contributed by atoms with Crippen LogP contribution >= 0.6 is 11.3 Å². The summed E-state index contributed by atoms with van der Waals surface area (Å²) in [6.45, 7) is 2.22. The van der Waals surface area contributed by atoms with Gasteiger partial charge >= 0.3 is 0 Å². The number of benzene rings is 1. The van der Waals surface area contributed by atoms with E-state index in [-0.39, 0.29) is 24.1 Å². The van der Waals surface area contributed by atoms with E-state index in [9.17, 15) is 14.0 Å². The van der Waals surface area contributed by atoms with Gasteiger partial charge in [0.2, 0.25) is 5.91 Å². The molecule has 0 bridgehead atoms. The first-order valence-electron chi connectivity index (χ1n) is 7.96. The zero-order valence-corrected chi connectivity index (χ0v) is 14.2. The molecule has 0 fully saturated rings. The molecule has 2 amide bonds. The van der Waals surface area contributed by atoms with Crippen LogP contribution in [0.3, 0.4) is 0 Å². The van der Waals surface area contributed by atoms with E-state index >= 15 is 0 Å². The second-order valence-corrected chi connectivity index (χ2v) is 7.35. The Bertz CT molecular complexity index is 772. The molecule has 126 valence electrons. The van der Waals surface area contributed by atoms with Gasteiger partial charge in [0.25, 0.3) is 5.91 Å². The molecule has 0 saturated carbocycles. The number of thiophene rings is 1. The number of aryl methyl sites for hydroxylation is 1. The molecule has 0 saturated heterocycles. The molecule has 1 atom stereocenters. The third-order valence-electron chi connectivity index (χ3n) is 4.12. The molecule has 1 aliphatic rings. The van der Waals surface area contributed by atoms with Crippen LogP contribution in [-0.4, -0.2) is 11.8 Å². The number of rotatable bonds is 3. The normalized spacial score (nSPS) is 16.3. The van der Waals surface area contributed by atoms with Crippen LogP contribution in [0.15, 0.2) is 30.3 Å². The van der Waals surface area contributed by atoms with Crippen LogP contribution in [0.5, 0.6) is 0 Å². The smallest absolute Gasteiger partial charge is 0.273 e. The van der Waals surface area contributed by atoms with E-state index in [1.54, 1.807) is 12.1 Å². The number of fused-ring (bicyclic) bond motifs is 1. The van der Waals surface area contributed by atoms with Gasteiger partial charge in [0.05, 0.1) is 11.3 Å². The fourth-order valence-corrected chi connectivity index (χ4v) is 3.99.